The highest BCUT2D eigenvalue weighted by Gasteiger charge is 1.95. The molecule has 3 aromatic rings. The summed E-state index contributed by atoms with van der Waals surface area (Å²) in [6.45, 7) is 1.97. The summed E-state index contributed by atoms with van der Waals surface area (Å²) in [6, 6.07) is 3.82. The predicted octanol–water partition coefficient (Wildman–Crippen LogP) is 1.89. The molecule has 0 N–H and O–H groups in total. The standard InChI is InChI=1S/C12H8N4S/c1-9-15-11(7-17-9)4-2-10-3-5-12-13-8-14-16(12)6-10/h3,5-8H,1H3. The molecular formula is C12H8N4S. The zero-order valence-electron chi connectivity index (χ0n) is 9.08. The lowest BCUT2D eigenvalue weighted by atomic mass is 10.3. The fourth-order valence-electron chi connectivity index (χ4n) is 1.45. The van der Waals surface area contributed by atoms with E-state index in [1.54, 1.807) is 15.9 Å². The average Bonchev–Trinajstić information content (AvgIpc) is 2.94. The van der Waals surface area contributed by atoms with Crippen LogP contribution in [0.3, 0.4) is 0 Å². The average molecular weight is 240 g/mol. The van der Waals surface area contributed by atoms with Gasteiger partial charge in [-0.2, -0.15) is 5.10 Å². The number of aromatic nitrogens is 4. The maximum absolute atomic E-state index is 4.29. The van der Waals surface area contributed by atoms with Gasteiger partial charge < -0.3 is 0 Å². The molecule has 3 heterocycles. The number of fused-ring (bicyclic) bond motifs is 1. The predicted molar refractivity (Wildman–Crippen MR) is 65.8 cm³/mol. The fourth-order valence-corrected chi connectivity index (χ4v) is 1.99. The van der Waals surface area contributed by atoms with Crippen LogP contribution in [0.5, 0.6) is 0 Å². The van der Waals surface area contributed by atoms with Gasteiger partial charge in [0.15, 0.2) is 5.65 Å². The Bertz CT molecular complexity index is 729. The van der Waals surface area contributed by atoms with Gasteiger partial charge in [0.1, 0.15) is 12.0 Å². The molecule has 82 valence electrons. The van der Waals surface area contributed by atoms with Crippen LogP contribution in [0.25, 0.3) is 5.65 Å². The van der Waals surface area contributed by atoms with Crippen LogP contribution in [0, 0.1) is 18.8 Å². The Hall–Kier alpha value is -2.19. The molecule has 0 aliphatic rings. The summed E-state index contributed by atoms with van der Waals surface area (Å²) < 4.78 is 1.70. The van der Waals surface area contributed by atoms with E-state index in [2.05, 4.69) is 26.9 Å². The summed E-state index contributed by atoms with van der Waals surface area (Å²) in [6.07, 6.45) is 3.38. The van der Waals surface area contributed by atoms with Crippen molar-refractivity contribution in [2.45, 2.75) is 6.92 Å². The summed E-state index contributed by atoms with van der Waals surface area (Å²) in [5.74, 6) is 6.09. The normalized spacial score (nSPS) is 10.2. The lowest BCUT2D eigenvalue weighted by Crippen LogP contribution is -1.88. The van der Waals surface area contributed by atoms with Crippen molar-refractivity contribution in [2.75, 3.05) is 0 Å². The molecule has 0 bridgehead atoms. The Kier molecular flexibility index (Phi) is 2.35. The molecule has 0 saturated carbocycles. The van der Waals surface area contributed by atoms with Crippen molar-refractivity contribution in [2.24, 2.45) is 0 Å². The molecule has 0 unspecified atom stereocenters. The molecule has 5 heteroatoms. The van der Waals surface area contributed by atoms with Crippen LogP contribution in [0.2, 0.25) is 0 Å². The zero-order valence-corrected chi connectivity index (χ0v) is 9.90. The lowest BCUT2D eigenvalue weighted by molar-refractivity contribution is 0.958. The van der Waals surface area contributed by atoms with E-state index < -0.39 is 0 Å². The molecule has 0 aliphatic heterocycles. The topological polar surface area (TPSA) is 43.1 Å². The number of nitrogens with zero attached hydrogens (tertiary/aromatic N) is 4. The Labute approximate surface area is 102 Å². The van der Waals surface area contributed by atoms with E-state index in [0.717, 1.165) is 21.9 Å². The SMILES string of the molecule is Cc1nc(C#Cc2ccc3ncnn3c2)cs1. The smallest absolute Gasteiger partial charge is 0.155 e. The van der Waals surface area contributed by atoms with Crippen molar-refractivity contribution >= 4 is 17.0 Å². The molecule has 0 fully saturated rings. The number of pyridine rings is 1. The van der Waals surface area contributed by atoms with Gasteiger partial charge in [-0.25, -0.2) is 14.5 Å². The maximum Gasteiger partial charge on any atom is 0.155 e. The van der Waals surface area contributed by atoms with Crippen LogP contribution < -0.4 is 0 Å². The second kappa shape index (κ2) is 4.00. The minimum Gasteiger partial charge on any atom is -0.233 e. The van der Waals surface area contributed by atoms with E-state index in [1.165, 1.54) is 6.33 Å². The van der Waals surface area contributed by atoms with Gasteiger partial charge in [-0.1, -0.05) is 5.92 Å². The highest BCUT2D eigenvalue weighted by Crippen LogP contribution is 2.07. The van der Waals surface area contributed by atoms with Crippen molar-refractivity contribution in [3.05, 3.63) is 46.3 Å². The van der Waals surface area contributed by atoms with E-state index in [4.69, 9.17) is 0 Å². The van der Waals surface area contributed by atoms with Gasteiger partial charge in [-0.3, -0.25) is 0 Å². The highest BCUT2D eigenvalue weighted by atomic mass is 32.1. The molecule has 0 spiro atoms. The molecule has 3 rings (SSSR count). The Morgan fingerprint density at radius 2 is 2.24 bits per heavy atom. The first kappa shape index (κ1) is 10.00. The minimum absolute atomic E-state index is 0.811. The molecule has 0 aliphatic carbocycles. The largest absolute Gasteiger partial charge is 0.233 e. The van der Waals surface area contributed by atoms with Crippen LogP contribution in [0.15, 0.2) is 30.0 Å². The van der Waals surface area contributed by atoms with Gasteiger partial charge in [-0.15, -0.1) is 11.3 Å². The van der Waals surface area contributed by atoms with Gasteiger partial charge in [0.2, 0.25) is 0 Å². The third-order valence-electron chi connectivity index (χ3n) is 2.23. The van der Waals surface area contributed by atoms with E-state index in [0.29, 0.717) is 0 Å². The van der Waals surface area contributed by atoms with E-state index >= 15 is 0 Å². The summed E-state index contributed by atoms with van der Waals surface area (Å²) in [7, 11) is 0. The first-order chi connectivity index (χ1) is 8.31. The van der Waals surface area contributed by atoms with Gasteiger partial charge in [0.25, 0.3) is 0 Å². The maximum atomic E-state index is 4.29. The molecule has 17 heavy (non-hydrogen) atoms. The Morgan fingerprint density at radius 1 is 1.29 bits per heavy atom. The van der Waals surface area contributed by atoms with Crippen LogP contribution in [-0.2, 0) is 0 Å². The quantitative estimate of drug-likeness (QED) is 0.564. The van der Waals surface area contributed by atoms with E-state index in [9.17, 15) is 0 Å². The lowest BCUT2D eigenvalue weighted by Gasteiger charge is -1.91. The minimum atomic E-state index is 0.811. The number of hydrogen-bond acceptors (Lipinski definition) is 4. The number of aryl methyl sites for hydroxylation is 1. The molecule has 4 nitrogen and oxygen atoms in total. The van der Waals surface area contributed by atoms with Gasteiger partial charge in [0, 0.05) is 17.1 Å². The van der Waals surface area contributed by atoms with Gasteiger partial charge in [0.05, 0.1) is 5.01 Å². The third-order valence-corrected chi connectivity index (χ3v) is 3.00. The summed E-state index contributed by atoms with van der Waals surface area (Å²) in [5.41, 5.74) is 2.53. The first-order valence-corrected chi connectivity index (χ1v) is 5.93. The van der Waals surface area contributed by atoms with Crippen molar-refractivity contribution in [3.63, 3.8) is 0 Å². The van der Waals surface area contributed by atoms with Crippen LogP contribution >= 0.6 is 11.3 Å². The van der Waals surface area contributed by atoms with Gasteiger partial charge in [-0.05, 0) is 25.0 Å². The highest BCUT2D eigenvalue weighted by molar-refractivity contribution is 7.09. The Morgan fingerprint density at radius 3 is 3.06 bits per heavy atom. The Balaban J connectivity index is 1.97. The monoisotopic (exact) mass is 240 g/mol. The summed E-state index contributed by atoms with van der Waals surface area (Å²) >= 11 is 1.60. The van der Waals surface area contributed by atoms with Crippen LogP contribution in [0.1, 0.15) is 16.3 Å². The van der Waals surface area contributed by atoms with Crippen molar-refractivity contribution < 1.29 is 0 Å². The molecule has 0 amide bonds. The van der Waals surface area contributed by atoms with Crippen molar-refractivity contribution in [1.82, 2.24) is 19.6 Å². The molecule has 0 atom stereocenters. The van der Waals surface area contributed by atoms with E-state index in [-0.39, 0.29) is 0 Å². The van der Waals surface area contributed by atoms with Crippen molar-refractivity contribution in [3.8, 4) is 11.8 Å². The molecule has 0 aromatic carbocycles. The van der Waals surface area contributed by atoms with Gasteiger partial charge >= 0.3 is 0 Å². The van der Waals surface area contributed by atoms with Crippen LogP contribution in [-0.4, -0.2) is 19.6 Å². The summed E-state index contributed by atoms with van der Waals surface area (Å²) in [4.78, 5) is 8.36. The van der Waals surface area contributed by atoms with E-state index in [1.807, 2.05) is 30.6 Å². The fraction of sp³-hybridized carbons (Fsp3) is 0.0833. The number of hydrogen-bond donors (Lipinski definition) is 0. The van der Waals surface area contributed by atoms with Crippen LogP contribution in [0.4, 0.5) is 0 Å². The third kappa shape index (κ3) is 2.03. The molecule has 3 aromatic heterocycles. The number of rotatable bonds is 0. The zero-order chi connectivity index (χ0) is 11.7. The molecular weight excluding hydrogens is 232 g/mol. The number of thiazole rings is 1. The summed E-state index contributed by atoms with van der Waals surface area (Å²) in [5, 5.41) is 7.05. The second-order valence-corrected chi connectivity index (χ2v) is 4.54. The second-order valence-electron chi connectivity index (χ2n) is 3.48. The van der Waals surface area contributed by atoms with Crippen molar-refractivity contribution in [1.29, 1.82) is 0 Å². The molecule has 0 saturated heterocycles. The first-order valence-electron chi connectivity index (χ1n) is 5.05. The molecule has 0 radical (unpaired) electrons.